The number of alkyl halides is 1. The fraction of sp³-hybridized carbons (Fsp3) is 0.533. The van der Waals surface area contributed by atoms with Gasteiger partial charge in [0.25, 0.3) is 0 Å². The van der Waals surface area contributed by atoms with E-state index in [9.17, 15) is 4.79 Å². The second kappa shape index (κ2) is 7.50. The third-order valence-electron chi connectivity index (χ3n) is 2.92. The van der Waals surface area contributed by atoms with E-state index in [1.807, 2.05) is 24.3 Å². The maximum Gasteiger partial charge on any atom is 0.180 e. The fourth-order valence-corrected chi connectivity index (χ4v) is 1.95. The van der Waals surface area contributed by atoms with Crippen LogP contribution in [-0.2, 0) is 6.42 Å². The van der Waals surface area contributed by atoms with Crippen LogP contribution in [0.25, 0.3) is 0 Å². The Kier molecular flexibility index (Phi) is 6.28. The highest BCUT2D eigenvalue weighted by Crippen LogP contribution is 2.12. The zero-order chi connectivity index (χ0) is 12.7. The standard InChI is InChI=1S/C15H21ClO/c1-3-4-5-6-7-13-8-10-14(11-9-13)15(17)12(2)16/h8-12H,3-7H2,1-2H3/t12-/m1/s1. The molecule has 0 unspecified atom stereocenters. The van der Waals surface area contributed by atoms with Crippen molar-refractivity contribution in [1.82, 2.24) is 0 Å². The normalized spacial score (nSPS) is 12.4. The molecule has 2 heteroatoms. The molecule has 1 aromatic rings. The number of carbonyl (C=O) groups is 1. The summed E-state index contributed by atoms with van der Waals surface area (Å²) in [5.74, 6) is 0.00389. The highest BCUT2D eigenvalue weighted by molar-refractivity contribution is 6.33. The molecular weight excluding hydrogens is 232 g/mol. The number of Topliss-reactive ketones (excluding diaryl/α,β-unsaturated/α-hetero) is 1. The maximum atomic E-state index is 11.6. The van der Waals surface area contributed by atoms with Gasteiger partial charge < -0.3 is 0 Å². The molecule has 1 nitrogen and oxygen atoms in total. The van der Waals surface area contributed by atoms with E-state index in [4.69, 9.17) is 11.6 Å². The monoisotopic (exact) mass is 252 g/mol. The number of benzene rings is 1. The Labute approximate surface area is 109 Å². The van der Waals surface area contributed by atoms with E-state index in [1.54, 1.807) is 6.92 Å². The predicted molar refractivity (Wildman–Crippen MR) is 73.9 cm³/mol. The smallest absolute Gasteiger partial charge is 0.180 e. The van der Waals surface area contributed by atoms with Crippen LogP contribution in [0.1, 0.15) is 55.5 Å². The lowest BCUT2D eigenvalue weighted by molar-refractivity contribution is 0.0992. The molecular formula is C15H21ClO. The van der Waals surface area contributed by atoms with Gasteiger partial charge in [0.1, 0.15) is 0 Å². The maximum absolute atomic E-state index is 11.6. The summed E-state index contributed by atoms with van der Waals surface area (Å²) in [7, 11) is 0. The molecule has 1 aromatic carbocycles. The minimum absolute atomic E-state index is 0.00389. The molecule has 0 saturated heterocycles. The third-order valence-corrected chi connectivity index (χ3v) is 3.12. The number of ketones is 1. The highest BCUT2D eigenvalue weighted by Gasteiger charge is 2.11. The number of halogens is 1. The van der Waals surface area contributed by atoms with Crippen LogP contribution in [0.2, 0.25) is 0 Å². The van der Waals surface area contributed by atoms with Crippen molar-refractivity contribution in [3.8, 4) is 0 Å². The summed E-state index contributed by atoms with van der Waals surface area (Å²) in [6.45, 7) is 3.93. The first kappa shape index (κ1) is 14.2. The third kappa shape index (κ3) is 4.91. The summed E-state index contributed by atoms with van der Waals surface area (Å²) in [5, 5.41) is -0.439. The first-order chi connectivity index (χ1) is 8.15. The molecule has 0 bridgehead atoms. The van der Waals surface area contributed by atoms with Crippen LogP contribution in [0, 0.1) is 0 Å². The second-order valence-corrected chi connectivity index (χ2v) is 5.14. The van der Waals surface area contributed by atoms with Gasteiger partial charge in [0, 0.05) is 5.56 Å². The van der Waals surface area contributed by atoms with Gasteiger partial charge in [-0.15, -0.1) is 11.6 Å². The number of rotatable bonds is 7. The minimum atomic E-state index is -0.439. The lowest BCUT2D eigenvalue weighted by Crippen LogP contribution is -2.10. The molecule has 0 N–H and O–H groups in total. The predicted octanol–water partition coefficient (Wildman–Crippen LogP) is 4.62. The first-order valence-corrected chi connectivity index (χ1v) is 6.86. The molecule has 0 aromatic heterocycles. The van der Waals surface area contributed by atoms with Crippen molar-refractivity contribution in [3.05, 3.63) is 35.4 Å². The average molecular weight is 253 g/mol. The van der Waals surface area contributed by atoms with E-state index >= 15 is 0 Å². The van der Waals surface area contributed by atoms with Crippen LogP contribution in [0.5, 0.6) is 0 Å². The Bertz CT molecular complexity index is 340. The van der Waals surface area contributed by atoms with Gasteiger partial charge in [0.2, 0.25) is 0 Å². The van der Waals surface area contributed by atoms with Crippen LogP contribution in [0.15, 0.2) is 24.3 Å². The Hall–Kier alpha value is -0.820. The molecule has 0 amide bonds. The number of carbonyl (C=O) groups excluding carboxylic acids is 1. The number of hydrogen-bond acceptors (Lipinski definition) is 1. The summed E-state index contributed by atoms with van der Waals surface area (Å²) in [4.78, 5) is 11.6. The SMILES string of the molecule is CCCCCCc1ccc(C(=O)[C@@H](C)Cl)cc1. The van der Waals surface area contributed by atoms with E-state index in [0.717, 1.165) is 6.42 Å². The van der Waals surface area contributed by atoms with Crippen LogP contribution < -0.4 is 0 Å². The van der Waals surface area contributed by atoms with Crippen LogP contribution >= 0.6 is 11.6 Å². The minimum Gasteiger partial charge on any atom is -0.293 e. The second-order valence-electron chi connectivity index (χ2n) is 4.49. The van der Waals surface area contributed by atoms with E-state index < -0.39 is 5.38 Å². The molecule has 0 saturated carbocycles. The average Bonchev–Trinajstić information content (AvgIpc) is 2.34. The molecule has 0 spiro atoms. The largest absolute Gasteiger partial charge is 0.293 e. The summed E-state index contributed by atoms with van der Waals surface area (Å²) >= 11 is 5.77. The van der Waals surface area contributed by atoms with Crippen molar-refractivity contribution in [3.63, 3.8) is 0 Å². The number of unbranched alkanes of at least 4 members (excludes halogenated alkanes) is 3. The zero-order valence-electron chi connectivity index (χ0n) is 10.7. The highest BCUT2D eigenvalue weighted by atomic mass is 35.5. The molecule has 0 fully saturated rings. The summed E-state index contributed by atoms with van der Waals surface area (Å²) in [5.41, 5.74) is 2.02. The Balaban J connectivity index is 2.47. The summed E-state index contributed by atoms with van der Waals surface area (Å²) in [6.07, 6.45) is 6.19. The van der Waals surface area contributed by atoms with Gasteiger partial charge in [0.15, 0.2) is 5.78 Å². The quantitative estimate of drug-likeness (QED) is 0.393. The Morgan fingerprint density at radius 2 is 1.82 bits per heavy atom. The van der Waals surface area contributed by atoms with E-state index in [-0.39, 0.29) is 5.78 Å². The lowest BCUT2D eigenvalue weighted by atomic mass is 10.0. The molecule has 1 rings (SSSR count). The van der Waals surface area contributed by atoms with E-state index in [2.05, 4.69) is 6.92 Å². The molecule has 0 aliphatic rings. The van der Waals surface area contributed by atoms with Gasteiger partial charge in [0.05, 0.1) is 5.38 Å². The van der Waals surface area contributed by atoms with Gasteiger partial charge in [-0.25, -0.2) is 0 Å². The molecule has 0 aliphatic heterocycles. The summed E-state index contributed by atoms with van der Waals surface area (Å²) < 4.78 is 0. The van der Waals surface area contributed by atoms with Gasteiger partial charge in [-0.05, 0) is 25.3 Å². The molecule has 0 aliphatic carbocycles. The Morgan fingerprint density at radius 3 is 2.35 bits per heavy atom. The van der Waals surface area contributed by atoms with E-state index in [1.165, 1.54) is 31.2 Å². The topological polar surface area (TPSA) is 17.1 Å². The molecule has 0 radical (unpaired) electrons. The van der Waals surface area contributed by atoms with Gasteiger partial charge in [-0.2, -0.15) is 0 Å². The number of aryl methyl sites for hydroxylation is 1. The van der Waals surface area contributed by atoms with E-state index in [0.29, 0.717) is 5.56 Å². The van der Waals surface area contributed by atoms with Crippen molar-refractivity contribution < 1.29 is 4.79 Å². The first-order valence-electron chi connectivity index (χ1n) is 6.42. The van der Waals surface area contributed by atoms with Crippen molar-refractivity contribution >= 4 is 17.4 Å². The van der Waals surface area contributed by atoms with Gasteiger partial charge in [-0.1, -0.05) is 50.5 Å². The van der Waals surface area contributed by atoms with Crippen molar-refractivity contribution in [2.45, 2.75) is 51.3 Å². The zero-order valence-corrected chi connectivity index (χ0v) is 11.5. The van der Waals surface area contributed by atoms with Crippen molar-refractivity contribution in [2.75, 3.05) is 0 Å². The molecule has 0 heterocycles. The number of hydrogen-bond donors (Lipinski definition) is 0. The fourth-order valence-electron chi connectivity index (χ4n) is 1.82. The van der Waals surface area contributed by atoms with Crippen molar-refractivity contribution in [1.29, 1.82) is 0 Å². The van der Waals surface area contributed by atoms with Gasteiger partial charge in [-0.3, -0.25) is 4.79 Å². The molecule has 17 heavy (non-hydrogen) atoms. The van der Waals surface area contributed by atoms with Crippen molar-refractivity contribution in [2.24, 2.45) is 0 Å². The summed E-state index contributed by atoms with van der Waals surface area (Å²) in [6, 6.07) is 7.85. The lowest BCUT2D eigenvalue weighted by Gasteiger charge is -2.05. The van der Waals surface area contributed by atoms with Crippen LogP contribution in [-0.4, -0.2) is 11.2 Å². The Morgan fingerprint density at radius 1 is 1.18 bits per heavy atom. The van der Waals surface area contributed by atoms with Crippen LogP contribution in [0.3, 0.4) is 0 Å². The van der Waals surface area contributed by atoms with Gasteiger partial charge >= 0.3 is 0 Å². The molecule has 94 valence electrons. The van der Waals surface area contributed by atoms with Crippen LogP contribution in [0.4, 0.5) is 0 Å². The molecule has 1 atom stereocenters.